The summed E-state index contributed by atoms with van der Waals surface area (Å²) in [5.74, 6) is -0.663. The number of fused-ring (bicyclic) bond motifs is 1. The first-order valence-corrected chi connectivity index (χ1v) is 6.97. The summed E-state index contributed by atoms with van der Waals surface area (Å²) in [6.45, 7) is 0. The molecule has 1 aliphatic carbocycles. The van der Waals surface area contributed by atoms with Crippen molar-refractivity contribution in [3.63, 3.8) is 0 Å². The molecular formula is C16H13FN2O2. The summed E-state index contributed by atoms with van der Waals surface area (Å²) >= 11 is 0. The Hall–Kier alpha value is -2.43. The molecular weight excluding hydrogens is 271 g/mol. The molecule has 3 aliphatic rings. The maximum absolute atomic E-state index is 14.0. The lowest BCUT2D eigenvalue weighted by Crippen LogP contribution is -2.42. The van der Waals surface area contributed by atoms with Crippen molar-refractivity contribution < 1.29 is 14.0 Å². The number of carbonyl (C=O) groups excluding carboxylic acids is 2. The number of halogens is 1. The van der Waals surface area contributed by atoms with E-state index in [9.17, 15) is 14.0 Å². The number of allylic oxidation sites excluding steroid dienone is 1. The van der Waals surface area contributed by atoms with Gasteiger partial charge in [-0.3, -0.25) is 9.59 Å². The average Bonchev–Trinajstić information content (AvgIpc) is 3.24. The monoisotopic (exact) mass is 284 g/mol. The fraction of sp³-hybridized carbons (Fsp3) is 0.250. The minimum atomic E-state index is -0.713. The lowest BCUT2D eigenvalue weighted by Gasteiger charge is -2.22. The minimum Gasteiger partial charge on any atom is -0.359 e. The van der Waals surface area contributed by atoms with Gasteiger partial charge in [0, 0.05) is 17.3 Å². The van der Waals surface area contributed by atoms with Gasteiger partial charge in [0.2, 0.25) is 0 Å². The van der Waals surface area contributed by atoms with Crippen LogP contribution in [0.5, 0.6) is 0 Å². The van der Waals surface area contributed by atoms with Crippen LogP contribution in [0.4, 0.5) is 4.39 Å². The first kappa shape index (κ1) is 12.3. The Morgan fingerprint density at radius 1 is 1.14 bits per heavy atom. The minimum absolute atomic E-state index is 0.148. The molecule has 1 aromatic rings. The highest BCUT2D eigenvalue weighted by Crippen LogP contribution is 2.39. The van der Waals surface area contributed by atoms with Crippen LogP contribution in [-0.4, -0.2) is 17.7 Å². The fourth-order valence-corrected chi connectivity index (χ4v) is 2.86. The van der Waals surface area contributed by atoms with Crippen molar-refractivity contribution in [1.82, 2.24) is 10.6 Å². The quantitative estimate of drug-likeness (QED) is 0.865. The number of hydrogen-bond acceptors (Lipinski definition) is 3. The van der Waals surface area contributed by atoms with Gasteiger partial charge >= 0.3 is 0 Å². The van der Waals surface area contributed by atoms with Crippen molar-refractivity contribution in [2.24, 2.45) is 5.92 Å². The first-order chi connectivity index (χ1) is 10.1. The van der Waals surface area contributed by atoms with Gasteiger partial charge in [0.1, 0.15) is 11.9 Å². The molecule has 0 radical (unpaired) electrons. The highest BCUT2D eigenvalue weighted by atomic mass is 19.1. The summed E-state index contributed by atoms with van der Waals surface area (Å²) in [7, 11) is 0. The Bertz CT molecular complexity index is 732. The highest BCUT2D eigenvalue weighted by Gasteiger charge is 2.42. The predicted molar refractivity (Wildman–Crippen MR) is 74.2 cm³/mol. The largest absolute Gasteiger partial charge is 0.359 e. The molecule has 5 heteroatoms. The Labute approximate surface area is 120 Å². The third-order valence-corrected chi connectivity index (χ3v) is 4.08. The van der Waals surface area contributed by atoms with Crippen LogP contribution in [0.25, 0.3) is 5.57 Å². The van der Waals surface area contributed by atoms with Gasteiger partial charge in [-0.05, 0) is 24.8 Å². The Morgan fingerprint density at radius 2 is 1.90 bits per heavy atom. The molecule has 4 rings (SSSR count). The predicted octanol–water partition coefficient (Wildman–Crippen LogP) is 1.50. The van der Waals surface area contributed by atoms with Crippen molar-refractivity contribution in [3.05, 3.63) is 53.1 Å². The highest BCUT2D eigenvalue weighted by molar-refractivity contribution is 6.26. The van der Waals surface area contributed by atoms with Crippen molar-refractivity contribution in [3.8, 4) is 0 Å². The molecule has 0 aromatic heterocycles. The van der Waals surface area contributed by atoms with E-state index in [0.717, 1.165) is 18.5 Å². The lowest BCUT2D eigenvalue weighted by atomic mass is 9.97. The van der Waals surface area contributed by atoms with Crippen LogP contribution in [-0.2, 0) is 9.59 Å². The molecule has 106 valence electrons. The molecule has 0 saturated heterocycles. The molecule has 1 aromatic carbocycles. The van der Waals surface area contributed by atoms with Crippen LogP contribution < -0.4 is 10.6 Å². The van der Waals surface area contributed by atoms with Gasteiger partial charge in [-0.15, -0.1) is 0 Å². The van der Waals surface area contributed by atoms with Crippen molar-refractivity contribution >= 4 is 17.3 Å². The summed E-state index contributed by atoms with van der Waals surface area (Å²) in [4.78, 5) is 24.3. The third-order valence-electron chi connectivity index (χ3n) is 4.08. The van der Waals surface area contributed by atoms with E-state index < -0.39 is 17.8 Å². The number of ketones is 1. The number of amides is 1. The van der Waals surface area contributed by atoms with Gasteiger partial charge in [0.05, 0.1) is 11.3 Å². The van der Waals surface area contributed by atoms with E-state index in [1.807, 2.05) is 0 Å². The second-order valence-electron chi connectivity index (χ2n) is 5.58. The van der Waals surface area contributed by atoms with E-state index in [0.29, 0.717) is 11.6 Å². The summed E-state index contributed by atoms with van der Waals surface area (Å²) in [5, 5.41) is 5.81. The molecule has 2 aliphatic heterocycles. The molecule has 1 saturated carbocycles. The van der Waals surface area contributed by atoms with Crippen LogP contribution in [0.2, 0.25) is 0 Å². The molecule has 2 heterocycles. The molecule has 4 nitrogen and oxygen atoms in total. The molecule has 0 bridgehead atoms. The summed E-state index contributed by atoms with van der Waals surface area (Å²) in [6, 6.07) is 5.40. The molecule has 1 amide bonds. The summed E-state index contributed by atoms with van der Waals surface area (Å²) < 4.78 is 14.0. The maximum atomic E-state index is 14.0. The molecule has 1 atom stereocenters. The summed E-state index contributed by atoms with van der Waals surface area (Å²) in [5.41, 5.74) is 1.79. The standard InChI is InChI=1S/C16H13FN2O2/c17-10-4-2-1-3-9(10)13-15-14(19-16(13)21)12(20)7-11(18-15)8-5-6-8/h1-4,7-8,14,18H,5-6H2,(H,19,21)/t14-/m0/s1. The third kappa shape index (κ3) is 1.88. The number of benzene rings is 1. The van der Waals surface area contributed by atoms with E-state index in [4.69, 9.17) is 0 Å². The van der Waals surface area contributed by atoms with Gasteiger partial charge in [0.15, 0.2) is 5.78 Å². The number of carbonyl (C=O) groups is 2. The Kier molecular flexibility index (Phi) is 2.51. The van der Waals surface area contributed by atoms with Crippen LogP contribution in [0.1, 0.15) is 18.4 Å². The molecule has 1 fully saturated rings. The van der Waals surface area contributed by atoms with Gasteiger partial charge in [-0.2, -0.15) is 0 Å². The second-order valence-corrected chi connectivity index (χ2v) is 5.58. The van der Waals surface area contributed by atoms with Crippen molar-refractivity contribution in [1.29, 1.82) is 0 Å². The van der Waals surface area contributed by atoms with Crippen molar-refractivity contribution in [2.75, 3.05) is 0 Å². The van der Waals surface area contributed by atoms with Crippen LogP contribution in [0.3, 0.4) is 0 Å². The van der Waals surface area contributed by atoms with E-state index in [1.165, 1.54) is 6.07 Å². The SMILES string of the molecule is O=C1N[C@H]2C(=O)C=C(C3CC3)NC2=C1c1ccccc1F. The Morgan fingerprint density at radius 3 is 2.62 bits per heavy atom. The topological polar surface area (TPSA) is 58.2 Å². The zero-order valence-electron chi connectivity index (χ0n) is 11.2. The van der Waals surface area contributed by atoms with Gasteiger partial charge < -0.3 is 10.6 Å². The molecule has 2 N–H and O–H groups in total. The number of nitrogens with one attached hydrogen (secondary N) is 2. The van der Waals surface area contributed by atoms with Crippen LogP contribution in [0, 0.1) is 11.7 Å². The fourth-order valence-electron chi connectivity index (χ4n) is 2.86. The van der Waals surface area contributed by atoms with Crippen molar-refractivity contribution in [2.45, 2.75) is 18.9 Å². The first-order valence-electron chi connectivity index (χ1n) is 6.97. The number of rotatable bonds is 2. The smallest absolute Gasteiger partial charge is 0.254 e. The van der Waals surface area contributed by atoms with E-state index in [-0.39, 0.29) is 16.9 Å². The van der Waals surface area contributed by atoms with Crippen LogP contribution >= 0.6 is 0 Å². The summed E-state index contributed by atoms with van der Waals surface area (Å²) in [6.07, 6.45) is 3.65. The van der Waals surface area contributed by atoms with Gasteiger partial charge in [-0.25, -0.2) is 4.39 Å². The van der Waals surface area contributed by atoms with E-state index in [1.54, 1.807) is 24.3 Å². The van der Waals surface area contributed by atoms with Gasteiger partial charge in [-0.1, -0.05) is 18.2 Å². The molecule has 21 heavy (non-hydrogen) atoms. The maximum Gasteiger partial charge on any atom is 0.254 e. The van der Waals surface area contributed by atoms with E-state index >= 15 is 0 Å². The Balaban J connectivity index is 1.85. The van der Waals surface area contributed by atoms with Gasteiger partial charge in [0.25, 0.3) is 5.91 Å². The lowest BCUT2D eigenvalue weighted by molar-refractivity contribution is -0.120. The molecule has 0 spiro atoms. The number of hydrogen-bond donors (Lipinski definition) is 2. The molecule has 0 unspecified atom stereocenters. The normalized spacial score (nSPS) is 24.4. The average molecular weight is 284 g/mol. The van der Waals surface area contributed by atoms with E-state index in [2.05, 4.69) is 10.6 Å². The van der Waals surface area contributed by atoms with Crippen LogP contribution in [0.15, 0.2) is 41.7 Å². The zero-order chi connectivity index (χ0) is 14.6. The second kappa shape index (κ2) is 4.28. The zero-order valence-corrected chi connectivity index (χ0v) is 11.2.